The van der Waals surface area contributed by atoms with Crippen LogP contribution in [0.15, 0.2) is 33.6 Å². The Labute approximate surface area is 110 Å². The van der Waals surface area contributed by atoms with Gasteiger partial charge < -0.3 is 9.84 Å². The van der Waals surface area contributed by atoms with E-state index >= 15 is 0 Å². The minimum Gasteiger partial charge on any atom is -0.384 e. The van der Waals surface area contributed by atoms with Crippen molar-refractivity contribution < 1.29 is 9.45 Å². The standard InChI is InChI=1S/C10H9BrN4O3/c11-8-5-7(15(16)17)1-2-9(8)12-4-3-10-13-6-18-14-10/h1-2,5-6,12H,3-4H2. The summed E-state index contributed by atoms with van der Waals surface area (Å²) in [6.07, 6.45) is 1.89. The van der Waals surface area contributed by atoms with Crippen molar-refractivity contribution in [3.63, 3.8) is 0 Å². The van der Waals surface area contributed by atoms with Gasteiger partial charge in [0.25, 0.3) is 5.69 Å². The summed E-state index contributed by atoms with van der Waals surface area (Å²) in [5, 5.41) is 17.4. The number of rotatable bonds is 5. The number of halogens is 1. The highest BCUT2D eigenvalue weighted by Gasteiger charge is 2.08. The molecule has 0 saturated carbocycles. The zero-order valence-electron chi connectivity index (χ0n) is 9.17. The number of hydrogen-bond acceptors (Lipinski definition) is 6. The number of anilines is 1. The first-order valence-electron chi connectivity index (χ1n) is 5.10. The van der Waals surface area contributed by atoms with Gasteiger partial charge in [-0.05, 0) is 22.0 Å². The molecule has 0 unspecified atom stereocenters. The molecular weight excluding hydrogens is 304 g/mol. The van der Waals surface area contributed by atoms with Crippen LogP contribution >= 0.6 is 15.9 Å². The molecule has 18 heavy (non-hydrogen) atoms. The molecule has 0 saturated heterocycles. The van der Waals surface area contributed by atoms with E-state index in [2.05, 4.69) is 35.9 Å². The van der Waals surface area contributed by atoms with Gasteiger partial charge in [-0.1, -0.05) is 5.16 Å². The SMILES string of the molecule is O=[N+]([O-])c1ccc(NCCc2ncon2)c(Br)c1. The van der Waals surface area contributed by atoms with E-state index < -0.39 is 4.92 Å². The largest absolute Gasteiger partial charge is 0.384 e. The third-order valence-electron chi connectivity index (χ3n) is 2.23. The molecule has 0 atom stereocenters. The molecule has 1 aromatic heterocycles. The van der Waals surface area contributed by atoms with E-state index in [1.165, 1.54) is 18.5 Å². The highest BCUT2D eigenvalue weighted by Crippen LogP contribution is 2.26. The molecule has 2 rings (SSSR count). The Bertz CT molecular complexity index is 544. The topological polar surface area (TPSA) is 94.1 Å². The molecule has 0 amide bonds. The Balaban J connectivity index is 1.95. The third-order valence-corrected chi connectivity index (χ3v) is 2.89. The fourth-order valence-electron chi connectivity index (χ4n) is 1.37. The Morgan fingerprint density at radius 1 is 1.50 bits per heavy atom. The van der Waals surface area contributed by atoms with Crippen LogP contribution in [0.4, 0.5) is 11.4 Å². The number of benzene rings is 1. The lowest BCUT2D eigenvalue weighted by atomic mass is 10.3. The van der Waals surface area contributed by atoms with E-state index in [-0.39, 0.29) is 5.69 Å². The van der Waals surface area contributed by atoms with Crippen molar-refractivity contribution in [2.45, 2.75) is 6.42 Å². The van der Waals surface area contributed by atoms with Gasteiger partial charge in [0.05, 0.1) is 4.92 Å². The number of nitrogens with one attached hydrogen (secondary N) is 1. The van der Waals surface area contributed by atoms with Crippen molar-refractivity contribution in [3.05, 3.63) is 45.0 Å². The smallest absolute Gasteiger partial charge is 0.270 e. The van der Waals surface area contributed by atoms with Crippen LogP contribution in [0.25, 0.3) is 0 Å². The van der Waals surface area contributed by atoms with Crippen LogP contribution < -0.4 is 5.32 Å². The normalized spacial score (nSPS) is 10.3. The van der Waals surface area contributed by atoms with Gasteiger partial charge in [0.1, 0.15) is 0 Å². The monoisotopic (exact) mass is 312 g/mol. The first kappa shape index (κ1) is 12.5. The average Bonchev–Trinajstić information content (AvgIpc) is 2.84. The summed E-state index contributed by atoms with van der Waals surface area (Å²) in [6.45, 7) is 0.607. The fourth-order valence-corrected chi connectivity index (χ4v) is 1.88. The summed E-state index contributed by atoms with van der Waals surface area (Å²) in [6, 6.07) is 4.55. The third kappa shape index (κ3) is 3.04. The highest BCUT2D eigenvalue weighted by molar-refractivity contribution is 9.10. The van der Waals surface area contributed by atoms with Gasteiger partial charge in [-0.2, -0.15) is 4.98 Å². The molecule has 7 nitrogen and oxygen atoms in total. The zero-order chi connectivity index (χ0) is 13.0. The molecule has 1 aromatic carbocycles. The lowest BCUT2D eigenvalue weighted by Gasteiger charge is -2.06. The van der Waals surface area contributed by atoms with E-state index in [0.717, 1.165) is 5.69 Å². The van der Waals surface area contributed by atoms with Crippen LogP contribution in [-0.2, 0) is 6.42 Å². The molecule has 2 aromatic rings. The second-order valence-corrected chi connectivity index (χ2v) is 4.30. The summed E-state index contributed by atoms with van der Waals surface area (Å²) in [5.41, 5.74) is 0.828. The van der Waals surface area contributed by atoms with Gasteiger partial charge in [-0.25, -0.2) is 0 Å². The predicted molar refractivity (Wildman–Crippen MR) is 67.3 cm³/mol. The van der Waals surface area contributed by atoms with Gasteiger partial charge >= 0.3 is 0 Å². The number of nitro groups is 1. The van der Waals surface area contributed by atoms with E-state index in [4.69, 9.17) is 0 Å². The molecule has 0 spiro atoms. The zero-order valence-corrected chi connectivity index (χ0v) is 10.8. The van der Waals surface area contributed by atoms with E-state index in [0.29, 0.717) is 23.3 Å². The predicted octanol–water partition coefficient (Wildman–Crippen LogP) is 2.39. The van der Waals surface area contributed by atoms with Crippen molar-refractivity contribution in [2.24, 2.45) is 0 Å². The number of hydrogen-bond donors (Lipinski definition) is 1. The van der Waals surface area contributed by atoms with Gasteiger partial charge in [0.15, 0.2) is 5.82 Å². The first-order chi connectivity index (χ1) is 8.66. The molecular formula is C10H9BrN4O3. The van der Waals surface area contributed by atoms with Crippen LogP contribution in [0.3, 0.4) is 0 Å². The second kappa shape index (κ2) is 5.58. The molecule has 0 aliphatic heterocycles. The van der Waals surface area contributed by atoms with E-state index in [9.17, 15) is 10.1 Å². The molecule has 0 aliphatic carbocycles. The lowest BCUT2D eigenvalue weighted by molar-refractivity contribution is -0.384. The van der Waals surface area contributed by atoms with Gasteiger partial charge in [-0.15, -0.1) is 0 Å². The molecule has 0 aliphatic rings. The Hall–Kier alpha value is -1.96. The highest BCUT2D eigenvalue weighted by atomic mass is 79.9. The van der Waals surface area contributed by atoms with Crippen LogP contribution in [0, 0.1) is 10.1 Å². The van der Waals surface area contributed by atoms with Gasteiger partial charge in [0.2, 0.25) is 6.39 Å². The maximum atomic E-state index is 10.6. The maximum Gasteiger partial charge on any atom is 0.270 e. The number of aromatic nitrogens is 2. The van der Waals surface area contributed by atoms with E-state index in [1.54, 1.807) is 6.07 Å². The second-order valence-electron chi connectivity index (χ2n) is 3.45. The molecule has 1 heterocycles. The van der Waals surface area contributed by atoms with Crippen LogP contribution in [0.1, 0.15) is 5.82 Å². The minimum atomic E-state index is -0.437. The van der Waals surface area contributed by atoms with E-state index in [1.807, 2.05) is 0 Å². The number of non-ortho nitro benzene ring substituents is 1. The lowest BCUT2D eigenvalue weighted by Crippen LogP contribution is -2.06. The van der Waals surface area contributed by atoms with Gasteiger partial charge in [0, 0.05) is 35.3 Å². The Morgan fingerprint density at radius 2 is 2.33 bits per heavy atom. The molecule has 1 N–H and O–H groups in total. The minimum absolute atomic E-state index is 0.0468. The van der Waals surface area contributed by atoms with Crippen molar-refractivity contribution in [2.75, 3.05) is 11.9 Å². The Kier molecular flexibility index (Phi) is 3.88. The Morgan fingerprint density at radius 3 is 2.94 bits per heavy atom. The molecule has 8 heteroatoms. The molecule has 0 bridgehead atoms. The van der Waals surface area contributed by atoms with Crippen molar-refractivity contribution in [3.8, 4) is 0 Å². The van der Waals surface area contributed by atoms with Crippen LogP contribution in [-0.4, -0.2) is 21.6 Å². The number of nitrogens with zero attached hydrogens (tertiary/aromatic N) is 3. The molecule has 0 fully saturated rings. The number of nitro benzene ring substituents is 1. The van der Waals surface area contributed by atoms with Crippen molar-refractivity contribution in [1.82, 2.24) is 10.1 Å². The van der Waals surface area contributed by atoms with Crippen molar-refractivity contribution in [1.29, 1.82) is 0 Å². The summed E-state index contributed by atoms with van der Waals surface area (Å²) in [7, 11) is 0. The van der Waals surface area contributed by atoms with Gasteiger partial charge in [-0.3, -0.25) is 10.1 Å². The summed E-state index contributed by atoms with van der Waals surface area (Å²) >= 11 is 3.28. The average molecular weight is 313 g/mol. The first-order valence-corrected chi connectivity index (χ1v) is 5.89. The molecule has 94 valence electrons. The maximum absolute atomic E-state index is 10.6. The fraction of sp³-hybridized carbons (Fsp3) is 0.200. The molecule has 0 radical (unpaired) electrons. The summed E-state index contributed by atoms with van der Waals surface area (Å²) in [4.78, 5) is 14.0. The summed E-state index contributed by atoms with van der Waals surface area (Å²) in [5.74, 6) is 0.612. The van der Waals surface area contributed by atoms with Crippen molar-refractivity contribution >= 4 is 27.3 Å². The van der Waals surface area contributed by atoms with Crippen LogP contribution in [0.2, 0.25) is 0 Å². The summed E-state index contributed by atoms with van der Waals surface area (Å²) < 4.78 is 5.25. The quantitative estimate of drug-likeness (QED) is 0.673. The van der Waals surface area contributed by atoms with Crippen LogP contribution in [0.5, 0.6) is 0 Å².